The fourth-order valence-corrected chi connectivity index (χ4v) is 5.67. The molecule has 0 radical (unpaired) electrons. The van der Waals surface area contributed by atoms with Crippen LogP contribution in [0.15, 0.2) is 103 Å². The molecule has 204 valence electrons. The first-order valence-corrected chi connectivity index (χ1v) is 14.6. The van der Waals surface area contributed by atoms with Crippen LogP contribution in [0.25, 0.3) is 32.7 Å². The second-order valence-electron chi connectivity index (χ2n) is 11.0. The number of nitrogens with one attached hydrogen (secondary N) is 1. The number of anilines is 1. The summed E-state index contributed by atoms with van der Waals surface area (Å²) in [7, 11) is 0. The minimum absolute atomic E-state index is 0.217. The normalized spacial score (nSPS) is 12.2. The lowest BCUT2D eigenvalue weighted by molar-refractivity contribution is -0.136. The van der Waals surface area contributed by atoms with Crippen LogP contribution in [-0.2, 0) is 4.79 Å². The number of hydrogen-bond acceptors (Lipinski definition) is 3. The molecule has 0 saturated heterocycles. The van der Waals surface area contributed by atoms with E-state index in [9.17, 15) is 4.79 Å². The predicted molar refractivity (Wildman–Crippen MR) is 169 cm³/mol. The van der Waals surface area contributed by atoms with E-state index in [-0.39, 0.29) is 11.9 Å². The molecule has 0 fully saturated rings. The van der Waals surface area contributed by atoms with E-state index in [1.807, 2.05) is 36.4 Å². The van der Waals surface area contributed by atoms with Gasteiger partial charge in [-0.3, -0.25) is 4.79 Å². The summed E-state index contributed by atoms with van der Waals surface area (Å²) in [4.78, 5) is 13.9. The van der Waals surface area contributed by atoms with Crippen LogP contribution in [0.1, 0.15) is 58.4 Å². The van der Waals surface area contributed by atoms with Crippen LogP contribution in [0.4, 0.5) is 5.69 Å². The first-order chi connectivity index (χ1) is 19.5. The molecule has 5 rings (SSSR count). The van der Waals surface area contributed by atoms with Gasteiger partial charge in [-0.25, -0.2) is 0 Å². The van der Waals surface area contributed by atoms with E-state index in [1.54, 1.807) is 0 Å². The molecule has 0 spiro atoms. The maximum atomic E-state index is 13.9. The Balaban J connectivity index is 1.71. The lowest BCUT2D eigenvalue weighted by Gasteiger charge is -2.24. The molecule has 0 aliphatic carbocycles. The van der Waals surface area contributed by atoms with Gasteiger partial charge in [0.1, 0.15) is 5.75 Å². The second kappa shape index (κ2) is 12.4. The molecule has 0 unspecified atom stereocenters. The summed E-state index contributed by atoms with van der Waals surface area (Å²) in [6.45, 7) is 8.73. The standard InChI is InChI=1S/C37H39NO2/c1-5-29(6-2)38-33-22-20-27-16-10-12-18-30(27)35(33)36-31-19-13-11-17-28(31)21-23-34(36)40-37(39)32(24-25(3)4)26-14-8-7-9-15-26/h7-23,25,29,32,38H,5-6,24H2,1-4H3/t32-/m1/s1. The minimum atomic E-state index is -0.338. The predicted octanol–water partition coefficient (Wildman–Crippen LogP) is 10.00. The van der Waals surface area contributed by atoms with Gasteiger partial charge >= 0.3 is 5.97 Å². The van der Waals surface area contributed by atoms with Gasteiger partial charge in [-0.1, -0.05) is 119 Å². The Morgan fingerprint density at radius 2 is 1.27 bits per heavy atom. The van der Waals surface area contributed by atoms with Crippen molar-refractivity contribution in [3.8, 4) is 16.9 Å². The van der Waals surface area contributed by atoms with E-state index < -0.39 is 0 Å². The highest BCUT2D eigenvalue weighted by atomic mass is 16.5. The van der Waals surface area contributed by atoms with Gasteiger partial charge in [0.2, 0.25) is 0 Å². The third-order valence-electron chi connectivity index (χ3n) is 7.82. The Kier molecular flexibility index (Phi) is 8.50. The summed E-state index contributed by atoms with van der Waals surface area (Å²) in [6, 6.07) is 35.6. The zero-order valence-corrected chi connectivity index (χ0v) is 24.0. The van der Waals surface area contributed by atoms with Crippen LogP contribution in [0.2, 0.25) is 0 Å². The Morgan fingerprint density at radius 3 is 1.90 bits per heavy atom. The van der Waals surface area contributed by atoms with Crippen LogP contribution in [0.5, 0.6) is 5.75 Å². The fourth-order valence-electron chi connectivity index (χ4n) is 5.67. The highest BCUT2D eigenvalue weighted by Crippen LogP contribution is 2.45. The highest BCUT2D eigenvalue weighted by Gasteiger charge is 2.26. The van der Waals surface area contributed by atoms with E-state index in [0.717, 1.165) is 63.2 Å². The minimum Gasteiger partial charge on any atom is -0.425 e. The maximum absolute atomic E-state index is 13.9. The van der Waals surface area contributed by atoms with Crippen molar-refractivity contribution in [2.24, 2.45) is 5.92 Å². The Morgan fingerprint density at radius 1 is 0.700 bits per heavy atom. The molecule has 0 heterocycles. The molecular weight excluding hydrogens is 490 g/mol. The Hall–Kier alpha value is -4.11. The van der Waals surface area contributed by atoms with Gasteiger partial charge in [0.25, 0.3) is 0 Å². The highest BCUT2D eigenvalue weighted by molar-refractivity contribution is 6.12. The number of esters is 1. The molecule has 1 atom stereocenters. The largest absolute Gasteiger partial charge is 0.425 e. The molecule has 0 aliphatic heterocycles. The zero-order valence-electron chi connectivity index (χ0n) is 24.0. The summed E-state index contributed by atoms with van der Waals surface area (Å²) < 4.78 is 6.42. The number of carbonyl (C=O) groups is 1. The van der Waals surface area contributed by atoms with Gasteiger partial charge in [0.05, 0.1) is 5.92 Å². The Bertz CT molecular complexity index is 1600. The van der Waals surface area contributed by atoms with Gasteiger partial charge in [-0.05, 0) is 64.4 Å². The van der Waals surface area contributed by atoms with Crippen LogP contribution in [0, 0.1) is 5.92 Å². The Labute approximate surface area is 238 Å². The molecule has 5 aromatic carbocycles. The van der Waals surface area contributed by atoms with E-state index in [0.29, 0.717) is 17.7 Å². The van der Waals surface area contributed by atoms with E-state index in [4.69, 9.17) is 4.74 Å². The number of hydrogen-bond donors (Lipinski definition) is 1. The van der Waals surface area contributed by atoms with Crippen LogP contribution < -0.4 is 10.1 Å². The average Bonchev–Trinajstić information content (AvgIpc) is 2.99. The first-order valence-electron chi connectivity index (χ1n) is 14.6. The lowest BCUT2D eigenvalue weighted by atomic mass is 9.89. The number of rotatable bonds is 10. The second-order valence-corrected chi connectivity index (χ2v) is 11.0. The molecule has 1 N–H and O–H groups in total. The SMILES string of the molecule is CCC(CC)Nc1ccc2ccccc2c1-c1c(OC(=O)[C@H](CC(C)C)c2ccccc2)ccc2ccccc12. The van der Waals surface area contributed by atoms with Crippen molar-refractivity contribution in [3.05, 3.63) is 109 Å². The summed E-state index contributed by atoms with van der Waals surface area (Å²) in [5.74, 6) is 0.390. The van der Waals surface area contributed by atoms with Crippen molar-refractivity contribution < 1.29 is 9.53 Å². The zero-order chi connectivity index (χ0) is 28.1. The number of fused-ring (bicyclic) bond motifs is 2. The van der Waals surface area contributed by atoms with Gasteiger partial charge < -0.3 is 10.1 Å². The molecule has 0 saturated carbocycles. The van der Waals surface area contributed by atoms with Crippen LogP contribution in [-0.4, -0.2) is 12.0 Å². The van der Waals surface area contributed by atoms with Crippen molar-refractivity contribution in [2.45, 2.75) is 58.9 Å². The lowest BCUT2D eigenvalue weighted by Crippen LogP contribution is -2.21. The van der Waals surface area contributed by atoms with E-state index in [1.165, 1.54) is 0 Å². The quantitative estimate of drug-likeness (QED) is 0.144. The summed E-state index contributed by atoms with van der Waals surface area (Å²) in [6.07, 6.45) is 2.77. The molecule has 0 amide bonds. The smallest absolute Gasteiger partial charge is 0.318 e. The summed E-state index contributed by atoms with van der Waals surface area (Å²) in [5, 5.41) is 8.28. The van der Waals surface area contributed by atoms with Gasteiger partial charge in [-0.2, -0.15) is 0 Å². The number of carbonyl (C=O) groups excluding carboxylic acids is 1. The van der Waals surface area contributed by atoms with Crippen LogP contribution >= 0.6 is 0 Å². The van der Waals surface area contributed by atoms with Crippen molar-refractivity contribution in [2.75, 3.05) is 5.32 Å². The van der Waals surface area contributed by atoms with Crippen molar-refractivity contribution >= 4 is 33.2 Å². The summed E-state index contributed by atoms with van der Waals surface area (Å²) >= 11 is 0. The first kappa shape index (κ1) is 27.5. The monoisotopic (exact) mass is 529 g/mol. The molecule has 5 aromatic rings. The topological polar surface area (TPSA) is 38.3 Å². The van der Waals surface area contributed by atoms with Crippen molar-refractivity contribution in [3.63, 3.8) is 0 Å². The molecule has 40 heavy (non-hydrogen) atoms. The van der Waals surface area contributed by atoms with Gasteiger partial charge in [0, 0.05) is 22.9 Å². The third-order valence-corrected chi connectivity index (χ3v) is 7.82. The molecule has 0 bridgehead atoms. The average molecular weight is 530 g/mol. The third kappa shape index (κ3) is 5.74. The molecular formula is C37H39NO2. The van der Waals surface area contributed by atoms with Gasteiger partial charge in [-0.15, -0.1) is 0 Å². The molecule has 0 aromatic heterocycles. The summed E-state index contributed by atoms with van der Waals surface area (Å²) in [5.41, 5.74) is 4.07. The van der Waals surface area contributed by atoms with Crippen molar-refractivity contribution in [1.29, 1.82) is 0 Å². The van der Waals surface area contributed by atoms with E-state index in [2.05, 4.69) is 99.7 Å². The van der Waals surface area contributed by atoms with Crippen LogP contribution in [0.3, 0.4) is 0 Å². The molecule has 0 aliphatic rings. The molecule has 3 heteroatoms. The number of benzene rings is 5. The number of ether oxygens (including phenoxy) is 1. The van der Waals surface area contributed by atoms with Gasteiger partial charge in [0.15, 0.2) is 0 Å². The van der Waals surface area contributed by atoms with E-state index >= 15 is 0 Å². The fraction of sp³-hybridized carbons (Fsp3) is 0.270. The molecule has 3 nitrogen and oxygen atoms in total. The maximum Gasteiger partial charge on any atom is 0.318 e. The van der Waals surface area contributed by atoms with Crippen molar-refractivity contribution in [1.82, 2.24) is 0 Å².